The second-order valence-corrected chi connectivity index (χ2v) is 5.19. The van der Waals surface area contributed by atoms with Gasteiger partial charge in [-0.2, -0.15) is 0 Å². The number of hydrogen-bond donors (Lipinski definition) is 1. The number of rotatable bonds is 1. The van der Waals surface area contributed by atoms with Crippen molar-refractivity contribution in [1.29, 1.82) is 0 Å². The van der Waals surface area contributed by atoms with Crippen molar-refractivity contribution in [3.63, 3.8) is 0 Å². The number of phenolic OH excluding ortho intramolecular Hbond substituents is 1. The van der Waals surface area contributed by atoms with Gasteiger partial charge in [-0.1, -0.05) is 19.9 Å². The van der Waals surface area contributed by atoms with Crippen LogP contribution < -0.4 is 4.74 Å². The third-order valence-electron chi connectivity index (χ3n) is 3.43. The lowest BCUT2D eigenvalue weighted by Crippen LogP contribution is -2.19. The van der Waals surface area contributed by atoms with Crippen molar-refractivity contribution in [3.05, 3.63) is 47.8 Å². The molecule has 98 valence electrons. The average molecular weight is 258 g/mol. The van der Waals surface area contributed by atoms with E-state index in [0.717, 1.165) is 16.7 Å². The molecule has 0 spiro atoms. The van der Waals surface area contributed by atoms with Crippen LogP contribution in [0.15, 0.2) is 36.4 Å². The summed E-state index contributed by atoms with van der Waals surface area (Å²) in [6.45, 7) is 4.07. The maximum absolute atomic E-state index is 13.5. The summed E-state index contributed by atoms with van der Waals surface area (Å²) in [6, 6.07) is 9.80. The average Bonchev–Trinajstić information content (AvgIpc) is 2.37. The van der Waals surface area contributed by atoms with E-state index in [-0.39, 0.29) is 23.6 Å². The van der Waals surface area contributed by atoms with Crippen LogP contribution in [-0.4, -0.2) is 5.11 Å². The van der Waals surface area contributed by atoms with Crippen LogP contribution in [0.25, 0.3) is 11.1 Å². The summed E-state index contributed by atoms with van der Waals surface area (Å²) in [5.41, 5.74) is 2.74. The lowest BCUT2D eigenvalue weighted by atomic mass is 9.88. The number of ether oxygens (including phenoxy) is 1. The molecular weight excluding hydrogens is 243 g/mol. The smallest absolute Gasteiger partial charge is 0.131 e. The van der Waals surface area contributed by atoms with Gasteiger partial charge in [-0.3, -0.25) is 0 Å². The molecule has 0 bridgehead atoms. The van der Waals surface area contributed by atoms with Crippen LogP contribution in [0.3, 0.4) is 0 Å². The van der Waals surface area contributed by atoms with Crippen LogP contribution >= 0.6 is 0 Å². The van der Waals surface area contributed by atoms with Gasteiger partial charge in [0.15, 0.2) is 0 Å². The fourth-order valence-corrected chi connectivity index (χ4v) is 2.54. The third kappa shape index (κ3) is 1.95. The lowest BCUT2D eigenvalue weighted by Gasteiger charge is -2.31. The van der Waals surface area contributed by atoms with Gasteiger partial charge in [-0.25, -0.2) is 4.39 Å². The van der Waals surface area contributed by atoms with E-state index >= 15 is 0 Å². The topological polar surface area (TPSA) is 29.5 Å². The molecule has 19 heavy (non-hydrogen) atoms. The van der Waals surface area contributed by atoms with Crippen molar-refractivity contribution in [3.8, 4) is 22.6 Å². The predicted octanol–water partition coefficient (Wildman–Crippen LogP) is 4.29. The molecule has 1 heterocycles. The SMILES string of the molecule is CC(C)C1Oc2cc(O)ccc2-c2ccc(F)cc21. The summed E-state index contributed by atoms with van der Waals surface area (Å²) >= 11 is 0. The standard InChI is InChI=1S/C16H15FO2/c1-9(2)16-14-7-10(17)3-5-12(14)13-6-4-11(18)8-15(13)19-16/h3-9,16,18H,1-2H3. The Morgan fingerprint density at radius 3 is 2.58 bits per heavy atom. The predicted molar refractivity (Wildman–Crippen MR) is 71.7 cm³/mol. The van der Waals surface area contributed by atoms with Crippen LogP contribution in [0.4, 0.5) is 4.39 Å². The van der Waals surface area contributed by atoms with Crippen molar-refractivity contribution in [2.45, 2.75) is 20.0 Å². The summed E-state index contributed by atoms with van der Waals surface area (Å²) < 4.78 is 19.4. The Kier molecular flexibility index (Phi) is 2.70. The molecule has 0 aliphatic carbocycles. The molecule has 1 atom stereocenters. The minimum atomic E-state index is -0.254. The van der Waals surface area contributed by atoms with Gasteiger partial charge in [0.05, 0.1) is 0 Å². The van der Waals surface area contributed by atoms with E-state index in [0.29, 0.717) is 5.75 Å². The summed E-state index contributed by atoms with van der Waals surface area (Å²) in [6.07, 6.45) is -0.194. The third-order valence-corrected chi connectivity index (χ3v) is 3.43. The number of phenols is 1. The van der Waals surface area contributed by atoms with Crippen molar-refractivity contribution >= 4 is 0 Å². The lowest BCUT2D eigenvalue weighted by molar-refractivity contribution is 0.150. The Labute approximate surface area is 111 Å². The van der Waals surface area contributed by atoms with Crippen LogP contribution in [0.2, 0.25) is 0 Å². The van der Waals surface area contributed by atoms with Gasteiger partial charge in [0.1, 0.15) is 23.4 Å². The minimum Gasteiger partial charge on any atom is -0.508 e. The molecule has 0 radical (unpaired) electrons. The van der Waals surface area contributed by atoms with Crippen LogP contribution in [0.5, 0.6) is 11.5 Å². The maximum atomic E-state index is 13.5. The Hall–Kier alpha value is -2.03. The molecule has 3 rings (SSSR count). The Bertz CT molecular complexity index is 635. The van der Waals surface area contributed by atoms with Crippen molar-refractivity contribution in [2.24, 2.45) is 5.92 Å². The van der Waals surface area contributed by atoms with E-state index in [1.54, 1.807) is 24.3 Å². The van der Waals surface area contributed by atoms with E-state index in [4.69, 9.17) is 4.74 Å². The molecular formula is C16H15FO2. The summed E-state index contributed by atoms with van der Waals surface area (Å²) in [5.74, 6) is 0.788. The number of aromatic hydroxyl groups is 1. The van der Waals surface area contributed by atoms with Gasteiger partial charge in [-0.05, 0) is 35.7 Å². The normalized spacial score (nSPS) is 16.7. The van der Waals surface area contributed by atoms with Gasteiger partial charge in [0, 0.05) is 17.2 Å². The van der Waals surface area contributed by atoms with Gasteiger partial charge < -0.3 is 9.84 Å². The van der Waals surface area contributed by atoms with Crippen molar-refractivity contribution in [2.75, 3.05) is 0 Å². The molecule has 3 heteroatoms. The quantitative estimate of drug-likeness (QED) is 0.826. The highest BCUT2D eigenvalue weighted by Gasteiger charge is 2.28. The monoisotopic (exact) mass is 258 g/mol. The number of halogens is 1. The van der Waals surface area contributed by atoms with Crippen LogP contribution in [-0.2, 0) is 0 Å². The van der Waals surface area contributed by atoms with Crippen LogP contribution in [0.1, 0.15) is 25.5 Å². The van der Waals surface area contributed by atoms with Crippen LogP contribution in [0, 0.1) is 11.7 Å². The largest absolute Gasteiger partial charge is 0.508 e. The highest BCUT2D eigenvalue weighted by Crippen LogP contribution is 2.45. The fraction of sp³-hybridized carbons (Fsp3) is 0.250. The molecule has 0 saturated heterocycles. The minimum absolute atomic E-state index is 0.173. The van der Waals surface area contributed by atoms with Gasteiger partial charge in [-0.15, -0.1) is 0 Å². The highest BCUT2D eigenvalue weighted by molar-refractivity contribution is 5.76. The van der Waals surface area contributed by atoms with E-state index in [2.05, 4.69) is 0 Å². The molecule has 1 N–H and O–H groups in total. The first-order valence-corrected chi connectivity index (χ1v) is 6.36. The molecule has 0 aromatic heterocycles. The zero-order valence-corrected chi connectivity index (χ0v) is 10.9. The molecule has 1 aliphatic heterocycles. The molecule has 1 aliphatic rings. The molecule has 0 fully saturated rings. The summed E-state index contributed by atoms with van der Waals surface area (Å²) in [4.78, 5) is 0. The summed E-state index contributed by atoms with van der Waals surface area (Å²) in [5, 5.41) is 9.57. The van der Waals surface area contributed by atoms with Gasteiger partial charge in [0.25, 0.3) is 0 Å². The second kappa shape index (κ2) is 4.26. The van der Waals surface area contributed by atoms with Gasteiger partial charge >= 0.3 is 0 Å². The van der Waals surface area contributed by atoms with E-state index < -0.39 is 0 Å². The van der Waals surface area contributed by atoms with Crippen molar-refractivity contribution < 1.29 is 14.2 Å². The molecule has 0 saturated carbocycles. The van der Waals surface area contributed by atoms with Crippen molar-refractivity contribution in [1.82, 2.24) is 0 Å². The number of benzene rings is 2. The molecule has 2 aromatic rings. The number of fused-ring (bicyclic) bond motifs is 3. The Morgan fingerprint density at radius 2 is 1.84 bits per heavy atom. The maximum Gasteiger partial charge on any atom is 0.131 e. The van der Waals surface area contributed by atoms with E-state index in [1.807, 2.05) is 13.8 Å². The van der Waals surface area contributed by atoms with E-state index in [9.17, 15) is 9.50 Å². The molecule has 2 nitrogen and oxygen atoms in total. The second-order valence-electron chi connectivity index (χ2n) is 5.19. The number of hydrogen-bond acceptors (Lipinski definition) is 2. The molecule has 2 aromatic carbocycles. The first-order chi connectivity index (χ1) is 9.06. The first kappa shape index (κ1) is 12.0. The molecule has 1 unspecified atom stereocenters. The fourth-order valence-electron chi connectivity index (χ4n) is 2.54. The summed E-state index contributed by atoms with van der Waals surface area (Å²) in [7, 11) is 0. The Balaban J connectivity index is 2.24. The van der Waals surface area contributed by atoms with E-state index in [1.165, 1.54) is 12.1 Å². The molecule has 0 amide bonds. The Morgan fingerprint density at radius 1 is 1.11 bits per heavy atom. The highest BCUT2D eigenvalue weighted by atomic mass is 19.1. The first-order valence-electron chi connectivity index (χ1n) is 6.36. The zero-order chi connectivity index (χ0) is 13.6. The van der Waals surface area contributed by atoms with Gasteiger partial charge in [0.2, 0.25) is 0 Å². The zero-order valence-electron chi connectivity index (χ0n) is 10.9.